The van der Waals surface area contributed by atoms with Gasteiger partial charge in [0.05, 0.1) is 26.3 Å². The highest BCUT2D eigenvalue weighted by molar-refractivity contribution is 5.93. The molecular weight excluding hydrogens is 348 g/mol. The molecule has 0 bridgehead atoms. The second kappa shape index (κ2) is 8.80. The van der Waals surface area contributed by atoms with Crippen molar-refractivity contribution in [1.29, 1.82) is 0 Å². The van der Waals surface area contributed by atoms with Crippen LogP contribution in [0.25, 0.3) is 0 Å². The molecule has 26 heavy (non-hydrogen) atoms. The molecule has 2 rings (SSSR count). The lowest BCUT2D eigenvalue weighted by molar-refractivity contribution is -0.146. The van der Waals surface area contributed by atoms with Crippen molar-refractivity contribution in [2.75, 3.05) is 26.1 Å². The van der Waals surface area contributed by atoms with E-state index in [0.29, 0.717) is 17.1 Å². The van der Waals surface area contributed by atoms with Crippen molar-refractivity contribution in [1.82, 2.24) is 0 Å². The molecule has 138 valence electrons. The Kier molecular flexibility index (Phi) is 6.48. The van der Waals surface area contributed by atoms with Gasteiger partial charge in [-0.25, -0.2) is 8.78 Å². The number of anilines is 1. The zero-order valence-electron chi connectivity index (χ0n) is 14.2. The van der Waals surface area contributed by atoms with Crippen LogP contribution in [-0.4, -0.2) is 32.7 Å². The molecule has 0 saturated carbocycles. The van der Waals surface area contributed by atoms with Crippen LogP contribution in [0.5, 0.6) is 11.5 Å². The topological polar surface area (TPSA) is 73.9 Å². The van der Waals surface area contributed by atoms with Crippen LogP contribution in [0.1, 0.15) is 5.56 Å². The Morgan fingerprint density at radius 2 is 1.73 bits per heavy atom. The van der Waals surface area contributed by atoms with Gasteiger partial charge in [-0.2, -0.15) is 0 Å². The third-order valence-corrected chi connectivity index (χ3v) is 3.36. The minimum absolute atomic E-state index is 0.0953. The number of halogens is 2. The molecule has 0 saturated heterocycles. The van der Waals surface area contributed by atoms with Crippen LogP contribution < -0.4 is 14.8 Å². The van der Waals surface area contributed by atoms with Gasteiger partial charge in [0.1, 0.15) is 11.6 Å². The van der Waals surface area contributed by atoms with Gasteiger partial charge in [0.25, 0.3) is 5.91 Å². The summed E-state index contributed by atoms with van der Waals surface area (Å²) in [6.07, 6.45) is -0.0953. The first-order valence-corrected chi connectivity index (χ1v) is 7.54. The summed E-state index contributed by atoms with van der Waals surface area (Å²) < 4.78 is 41.6. The molecule has 0 unspecified atom stereocenters. The van der Waals surface area contributed by atoms with Crippen LogP contribution in [0.3, 0.4) is 0 Å². The fourth-order valence-corrected chi connectivity index (χ4v) is 2.13. The molecule has 0 aliphatic carbocycles. The molecule has 2 aromatic carbocycles. The number of methoxy groups -OCH3 is 2. The number of carbonyl (C=O) groups excluding carboxylic acids is 2. The first-order valence-electron chi connectivity index (χ1n) is 7.54. The van der Waals surface area contributed by atoms with Crippen molar-refractivity contribution < 1.29 is 32.6 Å². The number of amides is 1. The summed E-state index contributed by atoms with van der Waals surface area (Å²) in [4.78, 5) is 23.5. The number of hydrogen-bond acceptors (Lipinski definition) is 5. The lowest BCUT2D eigenvalue weighted by Crippen LogP contribution is -2.22. The van der Waals surface area contributed by atoms with Gasteiger partial charge in [-0.15, -0.1) is 0 Å². The van der Waals surface area contributed by atoms with Gasteiger partial charge in [0.15, 0.2) is 18.1 Å². The van der Waals surface area contributed by atoms with Crippen LogP contribution in [0.4, 0.5) is 14.5 Å². The predicted octanol–water partition coefficient (Wildman–Crippen LogP) is 2.71. The Labute approximate surface area is 148 Å². The molecule has 0 heterocycles. The maximum atomic E-state index is 13.4. The van der Waals surface area contributed by atoms with Gasteiger partial charge >= 0.3 is 5.97 Å². The van der Waals surface area contributed by atoms with Crippen molar-refractivity contribution in [3.05, 3.63) is 53.6 Å². The molecule has 0 spiro atoms. The minimum atomic E-state index is -0.795. The number of nitrogens with one attached hydrogen (secondary N) is 1. The summed E-state index contributed by atoms with van der Waals surface area (Å²) in [5.41, 5.74) is 0.273. The van der Waals surface area contributed by atoms with E-state index in [-0.39, 0.29) is 12.1 Å². The molecule has 0 atom stereocenters. The molecule has 0 fully saturated rings. The molecule has 6 nitrogen and oxygen atoms in total. The summed E-state index contributed by atoms with van der Waals surface area (Å²) in [5.74, 6) is -1.97. The van der Waals surface area contributed by atoms with Gasteiger partial charge in [-0.3, -0.25) is 9.59 Å². The largest absolute Gasteiger partial charge is 0.493 e. The van der Waals surface area contributed by atoms with Crippen molar-refractivity contribution in [3.63, 3.8) is 0 Å². The quantitative estimate of drug-likeness (QED) is 0.764. The lowest BCUT2D eigenvalue weighted by Gasteiger charge is -2.10. The summed E-state index contributed by atoms with van der Waals surface area (Å²) >= 11 is 0. The van der Waals surface area contributed by atoms with Gasteiger partial charge < -0.3 is 19.5 Å². The zero-order chi connectivity index (χ0) is 19.1. The number of rotatable bonds is 7. The highest BCUT2D eigenvalue weighted by atomic mass is 19.1. The molecular formula is C18H17F2NO5. The molecule has 0 aliphatic rings. The molecule has 0 radical (unpaired) electrons. The van der Waals surface area contributed by atoms with Crippen LogP contribution in [0.2, 0.25) is 0 Å². The molecule has 0 aliphatic heterocycles. The summed E-state index contributed by atoms with van der Waals surface area (Å²) in [6, 6.07) is 7.55. The molecule has 2 aromatic rings. The maximum Gasteiger partial charge on any atom is 0.310 e. The average molecular weight is 365 g/mol. The van der Waals surface area contributed by atoms with Crippen LogP contribution in [0.15, 0.2) is 36.4 Å². The monoisotopic (exact) mass is 365 g/mol. The highest BCUT2D eigenvalue weighted by Gasteiger charge is 2.13. The smallest absolute Gasteiger partial charge is 0.310 e. The Hall–Kier alpha value is -3.16. The normalized spacial score (nSPS) is 10.2. The Bertz CT molecular complexity index is 810. The number of hydrogen-bond donors (Lipinski definition) is 1. The fourth-order valence-electron chi connectivity index (χ4n) is 2.13. The molecule has 1 N–H and O–H groups in total. The second-order valence-corrected chi connectivity index (χ2v) is 5.20. The minimum Gasteiger partial charge on any atom is -0.493 e. The molecule has 8 heteroatoms. The Morgan fingerprint density at radius 1 is 1.00 bits per heavy atom. The number of benzene rings is 2. The summed E-state index contributed by atoms with van der Waals surface area (Å²) in [6.45, 7) is -0.623. The van der Waals surface area contributed by atoms with Crippen LogP contribution in [-0.2, 0) is 20.7 Å². The van der Waals surface area contributed by atoms with Crippen molar-refractivity contribution in [2.24, 2.45) is 0 Å². The van der Waals surface area contributed by atoms with E-state index in [1.54, 1.807) is 18.2 Å². The highest BCUT2D eigenvalue weighted by Crippen LogP contribution is 2.27. The number of ether oxygens (including phenoxy) is 3. The number of carbonyl (C=O) groups is 2. The maximum absolute atomic E-state index is 13.4. The molecule has 1 amide bonds. The van der Waals surface area contributed by atoms with Gasteiger partial charge in [0, 0.05) is 6.07 Å². The third kappa shape index (κ3) is 5.17. The lowest BCUT2D eigenvalue weighted by atomic mass is 10.1. The van der Waals surface area contributed by atoms with Crippen LogP contribution in [0, 0.1) is 11.6 Å². The van der Waals surface area contributed by atoms with Crippen molar-refractivity contribution in [2.45, 2.75) is 6.42 Å². The Morgan fingerprint density at radius 3 is 2.42 bits per heavy atom. The van der Waals surface area contributed by atoms with Gasteiger partial charge in [-0.05, 0) is 29.8 Å². The first kappa shape index (κ1) is 19.2. The van der Waals surface area contributed by atoms with E-state index in [1.165, 1.54) is 14.2 Å². The van der Waals surface area contributed by atoms with Crippen molar-refractivity contribution >= 4 is 17.6 Å². The third-order valence-electron chi connectivity index (χ3n) is 3.36. The van der Waals surface area contributed by atoms with Gasteiger partial charge in [-0.1, -0.05) is 6.07 Å². The summed E-state index contributed by atoms with van der Waals surface area (Å²) in [7, 11) is 2.96. The van der Waals surface area contributed by atoms with Crippen LogP contribution >= 0.6 is 0 Å². The van der Waals surface area contributed by atoms with E-state index >= 15 is 0 Å². The number of esters is 1. The SMILES string of the molecule is COc1ccc(CC(=O)OCC(=O)Nc2cc(F)ccc2F)cc1OC. The van der Waals surface area contributed by atoms with E-state index in [2.05, 4.69) is 5.32 Å². The van der Waals surface area contributed by atoms with E-state index in [9.17, 15) is 18.4 Å². The van der Waals surface area contributed by atoms with E-state index in [4.69, 9.17) is 14.2 Å². The van der Waals surface area contributed by atoms with Gasteiger partial charge in [0.2, 0.25) is 0 Å². The summed E-state index contributed by atoms with van der Waals surface area (Å²) in [5, 5.41) is 2.14. The second-order valence-electron chi connectivity index (χ2n) is 5.20. The van der Waals surface area contributed by atoms with E-state index in [0.717, 1.165) is 18.2 Å². The van der Waals surface area contributed by atoms with E-state index < -0.39 is 30.1 Å². The molecule has 0 aromatic heterocycles. The average Bonchev–Trinajstić information content (AvgIpc) is 2.63. The predicted molar refractivity (Wildman–Crippen MR) is 89.2 cm³/mol. The first-order chi connectivity index (χ1) is 12.4. The van der Waals surface area contributed by atoms with E-state index in [1.807, 2.05) is 0 Å². The van der Waals surface area contributed by atoms with Crippen molar-refractivity contribution in [3.8, 4) is 11.5 Å². The Balaban J connectivity index is 1.88. The zero-order valence-corrected chi connectivity index (χ0v) is 14.2. The standard InChI is InChI=1S/C18H17F2NO5/c1-24-15-6-3-11(7-16(15)25-2)8-18(23)26-10-17(22)21-14-9-12(19)4-5-13(14)20/h3-7,9H,8,10H2,1-2H3,(H,21,22). The fraction of sp³-hybridized carbons (Fsp3) is 0.222.